The molecule has 4 aromatic rings. The Hall–Kier alpha value is -3.04. The van der Waals surface area contributed by atoms with Crippen LogP contribution < -0.4 is 15.8 Å². The number of aromatic amines is 1. The van der Waals surface area contributed by atoms with Gasteiger partial charge in [-0.2, -0.15) is 0 Å². The maximum atomic E-state index is 6.12. The van der Waals surface area contributed by atoms with E-state index in [0.717, 1.165) is 52.1 Å². The predicted octanol–water partition coefficient (Wildman–Crippen LogP) is 4.34. The average Bonchev–Trinajstić information content (AvgIpc) is 3.41. The van der Waals surface area contributed by atoms with Crippen LogP contribution in [0.4, 0.5) is 5.82 Å². The number of aromatic nitrogens is 5. The Bertz CT molecular complexity index is 1170. The molecule has 4 N–H and O–H groups in total. The highest BCUT2D eigenvalue weighted by Crippen LogP contribution is 2.39. The lowest BCUT2D eigenvalue weighted by Gasteiger charge is -2.13. The number of anilines is 1. The lowest BCUT2D eigenvalue weighted by atomic mass is 10.1. The van der Waals surface area contributed by atoms with E-state index in [0.29, 0.717) is 24.0 Å². The van der Waals surface area contributed by atoms with E-state index >= 15 is 0 Å². The molecule has 32 heavy (non-hydrogen) atoms. The summed E-state index contributed by atoms with van der Waals surface area (Å²) in [5.74, 6) is 1.22. The largest absolute Gasteiger partial charge is 0.494 e. The van der Waals surface area contributed by atoms with Crippen molar-refractivity contribution in [1.82, 2.24) is 29.8 Å². The third-order valence-electron chi connectivity index (χ3n) is 5.01. The summed E-state index contributed by atoms with van der Waals surface area (Å²) in [7, 11) is 0. The molecule has 0 radical (unpaired) electrons. The predicted molar refractivity (Wildman–Crippen MR) is 129 cm³/mol. The van der Waals surface area contributed by atoms with Crippen molar-refractivity contribution in [3.8, 4) is 16.9 Å². The highest BCUT2D eigenvalue weighted by atomic mass is 32.2. The second-order valence-corrected chi connectivity index (χ2v) is 8.74. The van der Waals surface area contributed by atoms with Crippen molar-refractivity contribution in [2.24, 2.45) is 0 Å². The van der Waals surface area contributed by atoms with Crippen molar-refractivity contribution < 1.29 is 4.74 Å². The molecule has 0 aliphatic carbocycles. The number of fused-ring (bicyclic) bond motifs is 1. The Morgan fingerprint density at radius 2 is 2.12 bits per heavy atom. The third kappa shape index (κ3) is 4.89. The van der Waals surface area contributed by atoms with Crippen LogP contribution >= 0.6 is 11.8 Å². The van der Waals surface area contributed by atoms with E-state index in [1.807, 2.05) is 25.4 Å². The summed E-state index contributed by atoms with van der Waals surface area (Å²) in [6.45, 7) is 8.58. The number of benzene rings is 1. The normalized spacial score (nSPS) is 11.5. The standard InChI is InChI=1S/C23H29N7OS/c1-4-31-17-6-7-18(16-8-10-25-13-16)19(12-17)32-23-29-20-21(24)27-14-28-22(20)30(23)11-5-9-26-15(2)3/h6-8,10,12-15,25-26H,4-5,9,11H2,1-3H3,(H2,24,27,28). The number of nitrogens with zero attached hydrogens (tertiary/aromatic N) is 4. The number of hydrogen-bond donors (Lipinski definition) is 3. The van der Waals surface area contributed by atoms with E-state index in [1.165, 1.54) is 6.33 Å². The number of ether oxygens (including phenoxy) is 1. The maximum Gasteiger partial charge on any atom is 0.175 e. The fourth-order valence-electron chi connectivity index (χ4n) is 3.51. The number of aryl methyl sites for hydroxylation is 1. The molecule has 0 saturated carbocycles. The van der Waals surface area contributed by atoms with E-state index < -0.39 is 0 Å². The minimum Gasteiger partial charge on any atom is -0.494 e. The summed E-state index contributed by atoms with van der Waals surface area (Å²) in [4.78, 5) is 17.6. The molecule has 3 heterocycles. The molecular formula is C23H29N7OS. The minimum atomic E-state index is 0.393. The van der Waals surface area contributed by atoms with Gasteiger partial charge in [-0.15, -0.1) is 0 Å². The van der Waals surface area contributed by atoms with Gasteiger partial charge in [-0.1, -0.05) is 25.6 Å². The van der Waals surface area contributed by atoms with E-state index in [4.69, 9.17) is 15.5 Å². The third-order valence-corrected chi connectivity index (χ3v) is 6.06. The molecule has 3 aromatic heterocycles. The van der Waals surface area contributed by atoms with Crippen LogP contribution in [0.25, 0.3) is 22.3 Å². The van der Waals surface area contributed by atoms with Gasteiger partial charge in [-0.05, 0) is 49.7 Å². The van der Waals surface area contributed by atoms with Gasteiger partial charge in [0.1, 0.15) is 12.1 Å². The molecule has 0 fully saturated rings. The highest BCUT2D eigenvalue weighted by Gasteiger charge is 2.18. The first-order valence-corrected chi connectivity index (χ1v) is 11.7. The molecule has 0 atom stereocenters. The molecule has 0 unspecified atom stereocenters. The molecule has 4 rings (SSSR count). The van der Waals surface area contributed by atoms with Crippen LogP contribution in [0.5, 0.6) is 5.75 Å². The van der Waals surface area contributed by atoms with E-state index in [2.05, 4.69) is 56.9 Å². The number of rotatable bonds is 10. The smallest absolute Gasteiger partial charge is 0.175 e. The van der Waals surface area contributed by atoms with Gasteiger partial charge in [-0.3, -0.25) is 0 Å². The van der Waals surface area contributed by atoms with Gasteiger partial charge < -0.3 is 25.3 Å². The molecule has 8 nitrogen and oxygen atoms in total. The molecule has 0 amide bonds. The van der Waals surface area contributed by atoms with Crippen LogP contribution in [0.2, 0.25) is 0 Å². The van der Waals surface area contributed by atoms with E-state index in [1.54, 1.807) is 11.8 Å². The van der Waals surface area contributed by atoms with Crippen molar-refractivity contribution in [3.05, 3.63) is 43.0 Å². The molecule has 9 heteroatoms. The maximum absolute atomic E-state index is 6.12. The monoisotopic (exact) mass is 451 g/mol. The molecule has 168 valence electrons. The van der Waals surface area contributed by atoms with Crippen molar-refractivity contribution in [1.29, 1.82) is 0 Å². The fraction of sp³-hybridized carbons (Fsp3) is 0.348. The summed E-state index contributed by atoms with van der Waals surface area (Å²) < 4.78 is 7.90. The Morgan fingerprint density at radius 1 is 1.25 bits per heavy atom. The topological polar surface area (TPSA) is 107 Å². The van der Waals surface area contributed by atoms with E-state index in [-0.39, 0.29) is 0 Å². The van der Waals surface area contributed by atoms with Crippen LogP contribution in [0, 0.1) is 0 Å². The Kier molecular flexibility index (Phi) is 6.96. The lowest BCUT2D eigenvalue weighted by Crippen LogP contribution is -2.24. The number of imidazole rings is 1. The minimum absolute atomic E-state index is 0.393. The van der Waals surface area contributed by atoms with Gasteiger partial charge in [0.25, 0.3) is 0 Å². The van der Waals surface area contributed by atoms with Crippen molar-refractivity contribution in [3.63, 3.8) is 0 Å². The van der Waals surface area contributed by atoms with Crippen LogP contribution in [-0.2, 0) is 6.54 Å². The second kappa shape index (κ2) is 10.1. The van der Waals surface area contributed by atoms with Crippen LogP contribution in [0.1, 0.15) is 27.2 Å². The van der Waals surface area contributed by atoms with Gasteiger partial charge in [0, 0.05) is 35.4 Å². The number of hydrogen-bond acceptors (Lipinski definition) is 7. The summed E-state index contributed by atoms with van der Waals surface area (Å²) in [6.07, 6.45) is 6.36. The van der Waals surface area contributed by atoms with Crippen molar-refractivity contribution >= 4 is 28.7 Å². The zero-order chi connectivity index (χ0) is 22.5. The average molecular weight is 452 g/mol. The molecule has 0 bridgehead atoms. The molecule has 0 saturated heterocycles. The summed E-state index contributed by atoms with van der Waals surface area (Å²) in [5, 5.41) is 4.30. The SMILES string of the molecule is CCOc1ccc(-c2cc[nH]c2)c(Sc2nc3c(N)ncnc3n2CCCNC(C)C)c1. The van der Waals surface area contributed by atoms with Crippen LogP contribution in [0.3, 0.4) is 0 Å². The first kappa shape index (κ1) is 22.2. The number of nitrogens with one attached hydrogen (secondary N) is 2. The lowest BCUT2D eigenvalue weighted by molar-refractivity contribution is 0.339. The van der Waals surface area contributed by atoms with Crippen molar-refractivity contribution in [2.75, 3.05) is 18.9 Å². The molecular weight excluding hydrogens is 422 g/mol. The van der Waals surface area contributed by atoms with Gasteiger partial charge in [0.05, 0.1) is 6.61 Å². The van der Waals surface area contributed by atoms with Gasteiger partial charge in [0.15, 0.2) is 22.1 Å². The first-order chi connectivity index (χ1) is 15.6. The van der Waals surface area contributed by atoms with Crippen molar-refractivity contribution in [2.45, 2.75) is 49.8 Å². The number of nitrogen functional groups attached to an aromatic ring is 1. The van der Waals surface area contributed by atoms with Gasteiger partial charge in [0.2, 0.25) is 0 Å². The summed E-state index contributed by atoms with van der Waals surface area (Å²) >= 11 is 1.59. The zero-order valence-electron chi connectivity index (χ0n) is 18.6. The molecule has 0 aliphatic heterocycles. The summed E-state index contributed by atoms with van der Waals surface area (Å²) in [5.41, 5.74) is 9.74. The highest BCUT2D eigenvalue weighted by molar-refractivity contribution is 7.99. The fourth-order valence-corrected chi connectivity index (χ4v) is 4.61. The molecule has 1 aromatic carbocycles. The Balaban J connectivity index is 1.72. The molecule has 0 aliphatic rings. The first-order valence-electron chi connectivity index (χ1n) is 10.8. The molecule has 0 spiro atoms. The van der Waals surface area contributed by atoms with Gasteiger partial charge in [-0.25, -0.2) is 15.0 Å². The van der Waals surface area contributed by atoms with Crippen LogP contribution in [-0.4, -0.2) is 43.7 Å². The Labute approximate surface area is 192 Å². The van der Waals surface area contributed by atoms with Gasteiger partial charge >= 0.3 is 0 Å². The summed E-state index contributed by atoms with van der Waals surface area (Å²) in [6, 6.07) is 8.66. The Morgan fingerprint density at radius 3 is 2.88 bits per heavy atom. The second-order valence-electron chi connectivity index (χ2n) is 7.73. The quantitative estimate of drug-likeness (QED) is 0.308. The zero-order valence-corrected chi connectivity index (χ0v) is 19.4. The number of H-pyrrole nitrogens is 1. The number of nitrogens with two attached hydrogens (primary N) is 1. The van der Waals surface area contributed by atoms with E-state index in [9.17, 15) is 0 Å². The van der Waals surface area contributed by atoms with Crippen LogP contribution in [0.15, 0.2) is 53.0 Å².